The van der Waals surface area contributed by atoms with E-state index >= 15 is 0 Å². The third-order valence-electron chi connectivity index (χ3n) is 3.20. The molecule has 0 aliphatic carbocycles. The van der Waals surface area contributed by atoms with E-state index in [1.165, 1.54) is 6.92 Å². The van der Waals surface area contributed by atoms with E-state index < -0.39 is 48.6 Å². The molecule has 0 saturated heterocycles. The van der Waals surface area contributed by atoms with Crippen LogP contribution in [0.25, 0.3) is 0 Å². The standard InChI is InChI=1S/C13H26N4O6/c1-7(19)10(15)12(21)16-8(4-2-3-5-14)11(20)17-9(6-18)13(22)23/h7-10,18-19H,2-6,14-15H2,1H3,(H,16,21)(H,17,20)(H,22,23)/t7-,8+,9+,10+/m1/s1. The number of aliphatic hydroxyl groups is 2. The Bertz CT molecular complexity index is 404. The second kappa shape index (κ2) is 10.9. The fourth-order valence-corrected chi connectivity index (χ4v) is 1.71. The molecule has 0 spiro atoms. The molecule has 10 nitrogen and oxygen atoms in total. The van der Waals surface area contributed by atoms with Crippen LogP contribution in [0.3, 0.4) is 0 Å². The lowest BCUT2D eigenvalue weighted by Gasteiger charge is -2.23. The van der Waals surface area contributed by atoms with Gasteiger partial charge in [-0.15, -0.1) is 0 Å². The summed E-state index contributed by atoms with van der Waals surface area (Å²) in [5.74, 6) is -2.88. The van der Waals surface area contributed by atoms with Crippen LogP contribution in [0, 0.1) is 0 Å². The Morgan fingerprint density at radius 1 is 1.09 bits per heavy atom. The zero-order valence-electron chi connectivity index (χ0n) is 13.1. The monoisotopic (exact) mass is 334 g/mol. The van der Waals surface area contributed by atoms with Crippen molar-refractivity contribution in [1.82, 2.24) is 10.6 Å². The van der Waals surface area contributed by atoms with Crippen LogP contribution in [0.2, 0.25) is 0 Å². The number of hydrogen-bond donors (Lipinski definition) is 7. The summed E-state index contributed by atoms with van der Waals surface area (Å²) in [5.41, 5.74) is 10.9. The maximum Gasteiger partial charge on any atom is 0.328 e. The van der Waals surface area contributed by atoms with Gasteiger partial charge in [0.2, 0.25) is 11.8 Å². The minimum atomic E-state index is -1.47. The Morgan fingerprint density at radius 2 is 1.65 bits per heavy atom. The summed E-state index contributed by atoms with van der Waals surface area (Å²) >= 11 is 0. The highest BCUT2D eigenvalue weighted by molar-refractivity contribution is 5.91. The Balaban J connectivity index is 4.87. The summed E-state index contributed by atoms with van der Waals surface area (Å²) in [7, 11) is 0. The van der Waals surface area contributed by atoms with Gasteiger partial charge in [0.15, 0.2) is 0 Å². The van der Waals surface area contributed by atoms with Gasteiger partial charge in [0.1, 0.15) is 18.1 Å². The van der Waals surface area contributed by atoms with Gasteiger partial charge in [-0.2, -0.15) is 0 Å². The molecule has 23 heavy (non-hydrogen) atoms. The number of unbranched alkanes of at least 4 members (excludes halogenated alkanes) is 1. The zero-order valence-corrected chi connectivity index (χ0v) is 13.1. The van der Waals surface area contributed by atoms with Crippen molar-refractivity contribution in [1.29, 1.82) is 0 Å². The van der Waals surface area contributed by atoms with E-state index in [1.54, 1.807) is 0 Å². The number of amides is 2. The van der Waals surface area contributed by atoms with Gasteiger partial charge in [-0.05, 0) is 32.7 Å². The number of aliphatic carboxylic acids is 1. The van der Waals surface area contributed by atoms with Crippen LogP contribution in [-0.4, -0.2) is 70.5 Å². The van der Waals surface area contributed by atoms with E-state index in [4.69, 9.17) is 21.7 Å². The van der Waals surface area contributed by atoms with Crippen LogP contribution >= 0.6 is 0 Å². The van der Waals surface area contributed by atoms with E-state index in [-0.39, 0.29) is 6.42 Å². The molecule has 0 saturated carbocycles. The van der Waals surface area contributed by atoms with Crippen molar-refractivity contribution >= 4 is 17.8 Å². The van der Waals surface area contributed by atoms with Crippen molar-refractivity contribution in [2.24, 2.45) is 11.5 Å². The van der Waals surface area contributed by atoms with Gasteiger partial charge in [-0.25, -0.2) is 4.79 Å². The quantitative estimate of drug-likeness (QED) is 0.193. The van der Waals surface area contributed by atoms with Crippen LogP contribution < -0.4 is 22.1 Å². The largest absolute Gasteiger partial charge is 0.480 e. The Hall–Kier alpha value is -1.75. The smallest absolute Gasteiger partial charge is 0.328 e. The highest BCUT2D eigenvalue weighted by atomic mass is 16.4. The lowest BCUT2D eigenvalue weighted by Crippen LogP contribution is -2.56. The molecule has 0 aliphatic heterocycles. The fraction of sp³-hybridized carbons (Fsp3) is 0.769. The SMILES string of the molecule is C[C@@H](O)[C@H](N)C(=O)N[C@@H](CCCCN)C(=O)N[C@@H](CO)C(=O)O. The van der Waals surface area contributed by atoms with Crippen LogP contribution in [0.4, 0.5) is 0 Å². The van der Waals surface area contributed by atoms with Crippen molar-refractivity contribution in [2.75, 3.05) is 13.2 Å². The topological polar surface area (TPSA) is 188 Å². The van der Waals surface area contributed by atoms with Crippen molar-refractivity contribution in [3.8, 4) is 0 Å². The van der Waals surface area contributed by atoms with Gasteiger partial charge in [-0.3, -0.25) is 9.59 Å². The van der Waals surface area contributed by atoms with Gasteiger partial charge in [0.25, 0.3) is 0 Å². The van der Waals surface area contributed by atoms with E-state index in [0.29, 0.717) is 19.4 Å². The Labute approximate surface area is 134 Å². The summed E-state index contributed by atoms with van der Waals surface area (Å²) in [6.07, 6.45) is 0.256. The third kappa shape index (κ3) is 7.88. The Morgan fingerprint density at radius 3 is 2.09 bits per heavy atom. The second-order valence-electron chi connectivity index (χ2n) is 5.19. The molecule has 134 valence electrons. The van der Waals surface area contributed by atoms with Crippen molar-refractivity contribution in [3.05, 3.63) is 0 Å². The lowest BCUT2D eigenvalue weighted by atomic mass is 10.1. The molecule has 0 aliphatic rings. The van der Waals surface area contributed by atoms with Crippen molar-refractivity contribution in [2.45, 2.75) is 50.4 Å². The predicted octanol–water partition coefficient (Wildman–Crippen LogP) is -3.13. The van der Waals surface area contributed by atoms with E-state index in [2.05, 4.69) is 10.6 Å². The molecule has 0 rings (SSSR count). The third-order valence-corrected chi connectivity index (χ3v) is 3.20. The maximum absolute atomic E-state index is 12.1. The fourth-order valence-electron chi connectivity index (χ4n) is 1.71. The normalized spacial score (nSPS) is 16.0. The van der Waals surface area contributed by atoms with Gasteiger partial charge in [0, 0.05) is 0 Å². The first-order valence-electron chi connectivity index (χ1n) is 7.32. The van der Waals surface area contributed by atoms with Crippen LogP contribution in [0.5, 0.6) is 0 Å². The summed E-state index contributed by atoms with van der Waals surface area (Å²) in [5, 5.41) is 31.6. The summed E-state index contributed by atoms with van der Waals surface area (Å²) in [6, 6.07) is -3.72. The van der Waals surface area contributed by atoms with Gasteiger partial charge >= 0.3 is 5.97 Å². The van der Waals surface area contributed by atoms with Crippen LogP contribution in [-0.2, 0) is 14.4 Å². The number of nitrogens with two attached hydrogens (primary N) is 2. The number of carbonyl (C=O) groups is 3. The summed E-state index contributed by atoms with van der Waals surface area (Å²) < 4.78 is 0. The molecule has 9 N–H and O–H groups in total. The number of hydrogen-bond acceptors (Lipinski definition) is 7. The predicted molar refractivity (Wildman–Crippen MR) is 81.1 cm³/mol. The number of aliphatic hydroxyl groups excluding tert-OH is 2. The molecule has 2 amide bonds. The minimum absolute atomic E-state index is 0.221. The van der Waals surface area contributed by atoms with Crippen molar-refractivity contribution in [3.63, 3.8) is 0 Å². The highest BCUT2D eigenvalue weighted by Crippen LogP contribution is 2.03. The molecule has 0 aromatic rings. The van der Waals surface area contributed by atoms with E-state index in [0.717, 1.165) is 0 Å². The average Bonchev–Trinajstić information content (AvgIpc) is 2.49. The molecule has 0 fully saturated rings. The molecular weight excluding hydrogens is 308 g/mol. The zero-order chi connectivity index (χ0) is 18.0. The molecule has 4 atom stereocenters. The first-order chi connectivity index (χ1) is 10.7. The summed E-state index contributed by atoms with van der Waals surface area (Å²) in [4.78, 5) is 34.8. The second-order valence-corrected chi connectivity index (χ2v) is 5.19. The number of carbonyl (C=O) groups excluding carboxylic acids is 2. The lowest BCUT2D eigenvalue weighted by molar-refractivity contribution is -0.143. The number of carboxylic acid groups (broad SMARTS) is 1. The maximum atomic E-state index is 12.1. The molecule has 0 radical (unpaired) electrons. The van der Waals surface area contributed by atoms with Gasteiger partial charge in [0.05, 0.1) is 12.7 Å². The molecule has 0 heterocycles. The van der Waals surface area contributed by atoms with Gasteiger partial charge in [-0.1, -0.05) is 0 Å². The van der Waals surface area contributed by atoms with Gasteiger partial charge < -0.3 is 37.4 Å². The van der Waals surface area contributed by atoms with Crippen LogP contribution in [0.15, 0.2) is 0 Å². The molecule has 0 aromatic heterocycles. The molecule has 0 bridgehead atoms. The first kappa shape index (κ1) is 21.2. The average molecular weight is 334 g/mol. The number of nitrogens with one attached hydrogen (secondary N) is 2. The van der Waals surface area contributed by atoms with E-state index in [9.17, 15) is 19.5 Å². The minimum Gasteiger partial charge on any atom is -0.480 e. The molecular formula is C13H26N4O6. The molecule has 0 aromatic carbocycles. The number of carboxylic acids is 1. The highest BCUT2D eigenvalue weighted by Gasteiger charge is 2.28. The first-order valence-corrected chi connectivity index (χ1v) is 7.32. The Kier molecular flexibility index (Phi) is 10.1. The summed E-state index contributed by atoms with van der Waals surface area (Å²) in [6.45, 7) is 0.960. The van der Waals surface area contributed by atoms with Crippen molar-refractivity contribution < 1.29 is 29.7 Å². The van der Waals surface area contributed by atoms with Crippen LogP contribution in [0.1, 0.15) is 26.2 Å². The molecule has 0 unspecified atom stereocenters. The van der Waals surface area contributed by atoms with E-state index in [1.807, 2.05) is 0 Å². The number of rotatable bonds is 11. The molecule has 10 heteroatoms.